The van der Waals surface area contributed by atoms with Gasteiger partial charge in [-0.25, -0.2) is 9.37 Å². The van der Waals surface area contributed by atoms with Gasteiger partial charge in [-0.05, 0) is 30.3 Å². The van der Waals surface area contributed by atoms with Crippen LogP contribution in [0.3, 0.4) is 0 Å². The second-order valence-corrected chi connectivity index (χ2v) is 8.37. The molecular weight excluding hydrogens is 421 g/mol. The van der Waals surface area contributed by atoms with Gasteiger partial charge in [-0.1, -0.05) is 30.3 Å². The maximum absolute atomic E-state index is 14.5. The van der Waals surface area contributed by atoms with Crippen LogP contribution in [0.5, 0.6) is 11.5 Å². The van der Waals surface area contributed by atoms with Crippen LogP contribution in [0.2, 0.25) is 0 Å². The summed E-state index contributed by atoms with van der Waals surface area (Å²) >= 11 is 0. The van der Waals surface area contributed by atoms with Crippen LogP contribution in [-0.2, 0) is 11.3 Å². The molecule has 1 aromatic heterocycles. The number of para-hydroxylation sites is 2. The van der Waals surface area contributed by atoms with Gasteiger partial charge in [0.25, 0.3) is 0 Å². The van der Waals surface area contributed by atoms with Crippen LogP contribution in [-0.4, -0.2) is 35.2 Å². The van der Waals surface area contributed by atoms with Crippen molar-refractivity contribution in [3.05, 3.63) is 83.9 Å². The number of carbonyl (C=O) groups is 1. The van der Waals surface area contributed by atoms with E-state index in [-0.39, 0.29) is 17.6 Å². The van der Waals surface area contributed by atoms with Crippen LogP contribution < -0.4 is 14.4 Å². The minimum atomic E-state index is -0.248. The molecule has 1 atom stereocenters. The number of benzene rings is 3. The number of carbonyl (C=O) groups excluding carboxylic acids is 1. The lowest BCUT2D eigenvalue weighted by Crippen LogP contribution is -2.25. The van der Waals surface area contributed by atoms with Gasteiger partial charge in [0, 0.05) is 36.2 Å². The molecule has 166 valence electrons. The average molecular weight is 443 g/mol. The standard InChI is InChI=1S/C26H22FN3O3/c27-20-6-2-1-5-17(20)15-30-22-8-4-3-7-21(22)28-26(30)18-13-25(31)29(16-18)19-9-10-23-24(14-19)33-12-11-32-23/h1-10,14,18H,11-13,15-16H2. The molecule has 3 heterocycles. The molecule has 1 amide bonds. The Bertz CT molecular complexity index is 1370. The third-order valence-electron chi connectivity index (χ3n) is 6.30. The summed E-state index contributed by atoms with van der Waals surface area (Å²) in [4.78, 5) is 19.7. The van der Waals surface area contributed by atoms with Crippen LogP contribution in [0.15, 0.2) is 66.7 Å². The van der Waals surface area contributed by atoms with Crippen LogP contribution in [0.1, 0.15) is 23.7 Å². The topological polar surface area (TPSA) is 56.6 Å². The SMILES string of the molecule is O=C1CC(c2nc3ccccc3n2Cc2ccccc2F)CN1c1ccc2c(c1)OCCO2. The fourth-order valence-corrected chi connectivity index (χ4v) is 4.70. The average Bonchev–Trinajstić information content (AvgIpc) is 3.41. The number of fused-ring (bicyclic) bond motifs is 2. The first-order valence-corrected chi connectivity index (χ1v) is 11.1. The summed E-state index contributed by atoms with van der Waals surface area (Å²) in [5.74, 6) is 1.82. The molecule has 0 bridgehead atoms. The van der Waals surface area contributed by atoms with Crippen molar-refractivity contribution in [2.24, 2.45) is 0 Å². The molecule has 0 saturated carbocycles. The van der Waals surface area contributed by atoms with Gasteiger partial charge >= 0.3 is 0 Å². The number of nitrogens with zero attached hydrogens (tertiary/aromatic N) is 3. The molecule has 0 radical (unpaired) electrons. The first kappa shape index (κ1) is 19.8. The van der Waals surface area contributed by atoms with Gasteiger partial charge in [-0.3, -0.25) is 4.79 Å². The molecule has 4 aromatic rings. The Morgan fingerprint density at radius 1 is 0.970 bits per heavy atom. The third-order valence-corrected chi connectivity index (χ3v) is 6.30. The smallest absolute Gasteiger partial charge is 0.227 e. The molecule has 33 heavy (non-hydrogen) atoms. The molecule has 2 aliphatic rings. The predicted molar refractivity (Wildman–Crippen MR) is 122 cm³/mol. The molecule has 7 heteroatoms. The molecule has 0 spiro atoms. The number of amides is 1. The zero-order valence-corrected chi connectivity index (χ0v) is 17.9. The van der Waals surface area contributed by atoms with Gasteiger partial charge in [0.15, 0.2) is 11.5 Å². The number of hydrogen-bond donors (Lipinski definition) is 0. The fourth-order valence-electron chi connectivity index (χ4n) is 4.70. The van der Waals surface area contributed by atoms with Crippen molar-refractivity contribution in [1.29, 1.82) is 0 Å². The quantitative estimate of drug-likeness (QED) is 0.466. The van der Waals surface area contributed by atoms with E-state index in [0.29, 0.717) is 49.8 Å². The Balaban J connectivity index is 1.36. The van der Waals surface area contributed by atoms with Gasteiger partial charge in [-0.2, -0.15) is 0 Å². The van der Waals surface area contributed by atoms with E-state index in [1.165, 1.54) is 6.07 Å². The number of halogens is 1. The van der Waals surface area contributed by atoms with Crippen molar-refractivity contribution in [2.45, 2.75) is 18.9 Å². The molecular formula is C26H22FN3O3. The fraction of sp³-hybridized carbons (Fsp3) is 0.231. The van der Waals surface area contributed by atoms with E-state index in [9.17, 15) is 9.18 Å². The van der Waals surface area contributed by atoms with E-state index in [0.717, 1.165) is 22.5 Å². The summed E-state index contributed by atoms with van der Waals surface area (Å²) in [6.07, 6.45) is 0.342. The Hall–Kier alpha value is -3.87. The molecule has 3 aromatic carbocycles. The zero-order valence-electron chi connectivity index (χ0n) is 17.9. The number of anilines is 1. The monoisotopic (exact) mass is 443 g/mol. The van der Waals surface area contributed by atoms with Crippen molar-refractivity contribution in [3.63, 3.8) is 0 Å². The largest absolute Gasteiger partial charge is 0.486 e. The minimum absolute atomic E-state index is 0.0289. The van der Waals surface area contributed by atoms with Crippen molar-refractivity contribution < 1.29 is 18.7 Å². The summed E-state index contributed by atoms with van der Waals surface area (Å²) < 4.78 is 27.8. The number of rotatable bonds is 4. The van der Waals surface area contributed by atoms with Crippen molar-refractivity contribution in [2.75, 3.05) is 24.7 Å². The Labute approximate surface area is 190 Å². The molecule has 0 aliphatic carbocycles. The van der Waals surface area contributed by atoms with E-state index < -0.39 is 0 Å². The van der Waals surface area contributed by atoms with Crippen LogP contribution in [0, 0.1) is 5.82 Å². The van der Waals surface area contributed by atoms with Crippen molar-refractivity contribution in [1.82, 2.24) is 9.55 Å². The maximum Gasteiger partial charge on any atom is 0.227 e. The maximum atomic E-state index is 14.5. The Morgan fingerprint density at radius 2 is 1.76 bits per heavy atom. The van der Waals surface area contributed by atoms with E-state index in [1.54, 1.807) is 17.0 Å². The van der Waals surface area contributed by atoms with Crippen LogP contribution >= 0.6 is 0 Å². The van der Waals surface area contributed by atoms with E-state index in [1.807, 2.05) is 53.1 Å². The minimum Gasteiger partial charge on any atom is -0.486 e. The first-order valence-electron chi connectivity index (χ1n) is 11.1. The van der Waals surface area contributed by atoms with Crippen LogP contribution in [0.4, 0.5) is 10.1 Å². The number of imidazole rings is 1. The number of ether oxygens (including phenoxy) is 2. The molecule has 2 aliphatic heterocycles. The molecule has 6 nitrogen and oxygen atoms in total. The van der Waals surface area contributed by atoms with Gasteiger partial charge in [0.1, 0.15) is 24.9 Å². The number of hydrogen-bond acceptors (Lipinski definition) is 4. The molecule has 0 N–H and O–H groups in total. The van der Waals surface area contributed by atoms with E-state index >= 15 is 0 Å². The van der Waals surface area contributed by atoms with Crippen molar-refractivity contribution >= 4 is 22.6 Å². The second kappa shape index (κ2) is 7.92. The molecule has 1 unspecified atom stereocenters. The van der Waals surface area contributed by atoms with Gasteiger partial charge in [-0.15, -0.1) is 0 Å². The normalized spacial score (nSPS) is 17.7. The van der Waals surface area contributed by atoms with Crippen LogP contribution in [0.25, 0.3) is 11.0 Å². The van der Waals surface area contributed by atoms with Gasteiger partial charge < -0.3 is 18.9 Å². The van der Waals surface area contributed by atoms with E-state index in [2.05, 4.69) is 0 Å². The summed E-state index contributed by atoms with van der Waals surface area (Å²) in [7, 11) is 0. The molecule has 1 fully saturated rings. The van der Waals surface area contributed by atoms with Crippen molar-refractivity contribution in [3.8, 4) is 11.5 Å². The molecule has 6 rings (SSSR count). The zero-order chi connectivity index (χ0) is 22.4. The lowest BCUT2D eigenvalue weighted by molar-refractivity contribution is -0.117. The summed E-state index contributed by atoms with van der Waals surface area (Å²) in [5.41, 5.74) is 3.15. The van der Waals surface area contributed by atoms with Gasteiger partial charge in [0.05, 0.1) is 17.6 Å². The Morgan fingerprint density at radius 3 is 2.64 bits per heavy atom. The van der Waals surface area contributed by atoms with Gasteiger partial charge in [0.2, 0.25) is 5.91 Å². The lowest BCUT2D eigenvalue weighted by Gasteiger charge is -2.22. The summed E-state index contributed by atoms with van der Waals surface area (Å²) in [6.45, 7) is 1.87. The highest BCUT2D eigenvalue weighted by atomic mass is 19.1. The Kier molecular flexibility index (Phi) is 4.75. The first-order chi connectivity index (χ1) is 16.2. The summed E-state index contributed by atoms with van der Waals surface area (Å²) in [5, 5.41) is 0. The number of aromatic nitrogens is 2. The summed E-state index contributed by atoms with van der Waals surface area (Å²) in [6, 6.07) is 20.2. The highest BCUT2D eigenvalue weighted by Crippen LogP contribution is 2.38. The second-order valence-electron chi connectivity index (χ2n) is 8.37. The lowest BCUT2D eigenvalue weighted by atomic mass is 10.1. The van der Waals surface area contributed by atoms with E-state index in [4.69, 9.17) is 14.5 Å². The highest BCUT2D eigenvalue weighted by Gasteiger charge is 2.35. The third kappa shape index (κ3) is 3.50. The molecule has 1 saturated heterocycles. The predicted octanol–water partition coefficient (Wildman–Crippen LogP) is 4.52. The highest BCUT2D eigenvalue weighted by molar-refractivity contribution is 5.97.